The lowest BCUT2D eigenvalue weighted by Crippen LogP contribution is -2.14. The third kappa shape index (κ3) is 4.70. The Labute approximate surface area is 144 Å². The number of benzene rings is 2. The Kier molecular flexibility index (Phi) is 6.14. The topological polar surface area (TPSA) is 81.5 Å². The van der Waals surface area contributed by atoms with Gasteiger partial charge in [-0.1, -0.05) is 31.0 Å². The summed E-state index contributed by atoms with van der Waals surface area (Å²) in [6, 6.07) is 10.5. The standard InChI is InChI=1S/C17H17ClN2O4/c1-2-3-9-24-16-8-7-12(18)10-15(16)17(21)19-13-5-4-6-14(11-13)20(22)23/h4-8,10-11H,2-3,9H2,1H3,(H,19,21). The monoisotopic (exact) mass is 348 g/mol. The zero-order valence-electron chi connectivity index (χ0n) is 13.1. The van der Waals surface area contributed by atoms with Gasteiger partial charge < -0.3 is 10.1 Å². The fourth-order valence-electron chi connectivity index (χ4n) is 2.03. The number of rotatable bonds is 7. The molecule has 7 heteroatoms. The minimum Gasteiger partial charge on any atom is -0.493 e. The van der Waals surface area contributed by atoms with Gasteiger partial charge in [-0.25, -0.2) is 0 Å². The van der Waals surface area contributed by atoms with E-state index < -0.39 is 10.8 Å². The van der Waals surface area contributed by atoms with Gasteiger partial charge in [-0.3, -0.25) is 14.9 Å². The lowest BCUT2D eigenvalue weighted by atomic mass is 10.1. The zero-order valence-corrected chi connectivity index (χ0v) is 13.9. The number of nitro groups is 1. The van der Waals surface area contributed by atoms with Crippen molar-refractivity contribution in [1.82, 2.24) is 0 Å². The highest BCUT2D eigenvalue weighted by atomic mass is 35.5. The van der Waals surface area contributed by atoms with Crippen molar-refractivity contribution in [1.29, 1.82) is 0 Å². The molecule has 0 saturated carbocycles. The molecular weight excluding hydrogens is 332 g/mol. The maximum Gasteiger partial charge on any atom is 0.271 e. The van der Waals surface area contributed by atoms with Crippen LogP contribution < -0.4 is 10.1 Å². The van der Waals surface area contributed by atoms with Crippen LogP contribution in [0.2, 0.25) is 5.02 Å². The largest absolute Gasteiger partial charge is 0.493 e. The van der Waals surface area contributed by atoms with Gasteiger partial charge in [0.1, 0.15) is 5.75 Å². The van der Waals surface area contributed by atoms with Gasteiger partial charge in [0.2, 0.25) is 0 Å². The molecule has 1 amide bonds. The summed E-state index contributed by atoms with van der Waals surface area (Å²) in [7, 11) is 0. The van der Waals surface area contributed by atoms with E-state index in [2.05, 4.69) is 5.32 Å². The fraction of sp³-hybridized carbons (Fsp3) is 0.235. The van der Waals surface area contributed by atoms with Gasteiger partial charge in [0.15, 0.2) is 0 Å². The number of amides is 1. The number of carbonyl (C=O) groups is 1. The van der Waals surface area contributed by atoms with Crippen molar-refractivity contribution in [3.63, 3.8) is 0 Å². The van der Waals surface area contributed by atoms with Crippen molar-refractivity contribution in [3.8, 4) is 5.75 Å². The molecule has 0 fully saturated rings. The molecule has 0 aromatic heterocycles. The van der Waals surface area contributed by atoms with Crippen LogP contribution in [-0.4, -0.2) is 17.4 Å². The van der Waals surface area contributed by atoms with E-state index in [1.54, 1.807) is 18.2 Å². The molecule has 1 N–H and O–H groups in total. The lowest BCUT2D eigenvalue weighted by molar-refractivity contribution is -0.384. The Hall–Kier alpha value is -2.60. The number of non-ortho nitro benzene ring substituents is 1. The third-order valence-electron chi connectivity index (χ3n) is 3.26. The van der Waals surface area contributed by atoms with E-state index >= 15 is 0 Å². The van der Waals surface area contributed by atoms with Crippen molar-refractivity contribution in [3.05, 3.63) is 63.2 Å². The SMILES string of the molecule is CCCCOc1ccc(Cl)cc1C(=O)Nc1cccc([N+](=O)[O-])c1. The van der Waals surface area contributed by atoms with E-state index in [4.69, 9.17) is 16.3 Å². The van der Waals surface area contributed by atoms with Crippen LogP contribution in [0.3, 0.4) is 0 Å². The molecule has 0 saturated heterocycles. The minimum absolute atomic E-state index is 0.0988. The van der Waals surface area contributed by atoms with Crippen molar-refractivity contribution in [2.75, 3.05) is 11.9 Å². The highest BCUT2D eigenvalue weighted by Crippen LogP contribution is 2.25. The molecule has 0 bridgehead atoms. The van der Waals surface area contributed by atoms with E-state index in [1.807, 2.05) is 6.92 Å². The van der Waals surface area contributed by atoms with Crippen LogP contribution in [0.4, 0.5) is 11.4 Å². The Morgan fingerprint density at radius 3 is 2.79 bits per heavy atom. The first-order valence-corrected chi connectivity index (χ1v) is 7.87. The van der Waals surface area contributed by atoms with Crippen LogP contribution in [0.5, 0.6) is 5.75 Å². The van der Waals surface area contributed by atoms with Crippen LogP contribution in [-0.2, 0) is 0 Å². The van der Waals surface area contributed by atoms with Gasteiger partial charge in [0.05, 0.1) is 17.1 Å². The number of hydrogen-bond donors (Lipinski definition) is 1. The van der Waals surface area contributed by atoms with Crippen LogP contribution in [0, 0.1) is 10.1 Å². The average molecular weight is 349 g/mol. The smallest absolute Gasteiger partial charge is 0.271 e. The van der Waals surface area contributed by atoms with Crippen LogP contribution >= 0.6 is 11.6 Å². The number of hydrogen-bond acceptors (Lipinski definition) is 4. The maximum absolute atomic E-state index is 12.5. The molecule has 0 radical (unpaired) electrons. The second kappa shape index (κ2) is 8.31. The van der Waals surface area contributed by atoms with E-state index in [9.17, 15) is 14.9 Å². The summed E-state index contributed by atoms with van der Waals surface area (Å²) in [5.74, 6) is -0.0136. The van der Waals surface area contributed by atoms with E-state index in [0.29, 0.717) is 23.1 Å². The minimum atomic E-state index is -0.520. The molecule has 0 aliphatic heterocycles. The predicted octanol–water partition coefficient (Wildman–Crippen LogP) is 4.68. The third-order valence-corrected chi connectivity index (χ3v) is 3.49. The number of halogens is 1. The second-order valence-corrected chi connectivity index (χ2v) is 5.54. The van der Waals surface area contributed by atoms with Gasteiger partial charge in [0.25, 0.3) is 11.6 Å². The summed E-state index contributed by atoms with van der Waals surface area (Å²) >= 11 is 5.97. The number of nitrogens with one attached hydrogen (secondary N) is 1. The van der Waals surface area contributed by atoms with Crippen LogP contribution in [0.15, 0.2) is 42.5 Å². The molecule has 0 heterocycles. The summed E-state index contributed by atoms with van der Waals surface area (Å²) in [6.45, 7) is 2.54. The number of nitro benzene ring substituents is 1. The first-order chi connectivity index (χ1) is 11.5. The molecular formula is C17H17ClN2O4. The second-order valence-electron chi connectivity index (χ2n) is 5.10. The molecule has 6 nitrogen and oxygen atoms in total. The normalized spacial score (nSPS) is 10.2. The van der Waals surface area contributed by atoms with Gasteiger partial charge in [0, 0.05) is 22.8 Å². The molecule has 2 rings (SSSR count). The van der Waals surface area contributed by atoms with Crippen LogP contribution in [0.25, 0.3) is 0 Å². The Balaban J connectivity index is 2.21. The Bertz CT molecular complexity index is 749. The highest BCUT2D eigenvalue weighted by molar-refractivity contribution is 6.31. The van der Waals surface area contributed by atoms with E-state index in [0.717, 1.165) is 12.8 Å². The first-order valence-electron chi connectivity index (χ1n) is 7.49. The van der Waals surface area contributed by atoms with Crippen molar-refractivity contribution in [2.24, 2.45) is 0 Å². The quantitative estimate of drug-likeness (QED) is 0.447. The Morgan fingerprint density at radius 2 is 2.08 bits per heavy atom. The summed E-state index contributed by atoms with van der Waals surface area (Å²) in [5.41, 5.74) is 0.511. The molecule has 0 aliphatic rings. The number of nitrogens with zero attached hydrogens (tertiary/aromatic N) is 1. The molecule has 24 heavy (non-hydrogen) atoms. The van der Waals surface area contributed by atoms with Crippen molar-refractivity contribution in [2.45, 2.75) is 19.8 Å². The average Bonchev–Trinajstić information content (AvgIpc) is 2.56. The van der Waals surface area contributed by atoms with Gasteiger partial charge in [-0.2, -0.15) is 0 Å². The van der Waals surface area contributed by atoms with Gasteiger partial charge in [-0.15, -0.1) is 0 Å². The van der Waals surface area contributed by atoms with E-state index in [1.165, 1.54) is 24.3 Å². The maximum atomic E-state index is 12.5. The van der Waals surface area contributed by atoms with Gasteiger partial charge >= 0.3 is 0 Å². The van der Waals surface area contributed by atoms with Crippen molar-refractivity contribution >= 4 is 28.9 Å². The predicted molar refractivity (Wildman–Crippen MR) is 92.9 cm³/mol. The first kappa shape index (κ1) is 17.7. The zero-order chi connectivity index (χ0) is 17.5. The highest BCUT2D eigenvalue weighted by Gasteiger charge is 2.15. The number of ether oxygens (including phenoxy) is 1. The molecule has 0 spiro atoms. The summed E-state index contributed by atoms with van der Waals surface area (Å²) < 4.78 is 5.63. The molecule has 0 aliphatic carbocycles. The molecule has 2 aromatic rings. The molecule has 0 atom stereocenters. The molecule has 2 aromatic carbocycles. The van der Waals surface area contributed by atoms with Crippen LogP contribution in [0.1, 0.15) is 30.1 Å². The Morgan fingerprint density at radius 1 is 1.29 bits per heavy atom. The molecule has 0 unspecified atom stereocenters. The number of anilines is 1. The summed E-state index contributed by atoms with van der Waals surface area (Å²) in [4.78, 5) is 22.8. The van der Waals surface area contributed by atoms with E-state index in [-0.39, 0.29) is 11.3 Å². The molecule has 126 valence electrons. The fourth-order valence-corrected chi connectivity index (χ4v) is 2.20. The number of carbonyl (C=O) groups excluding carboxylic acids is 1. The summed E-state index contributed by atoms with van der Waals surface area (Å²) in [5, 5.41) is 13.8. The van der Waals surface area contributed by atoms with Crippen molar-refractivity contribution < 1.29 is 14.5 Å². The number of unbranched alkanes of at least 4 members (excludes halogenated alkanes) is 1. The van der Waals surface area contributed by atoms with Gasteiger partial charge in [-0.05, 0) is 30.7 Å². The lowest BCUT2D eigenvalue weighted by Gasteiger charge is -2.12. The summed E-state index contributed by atoms with van der Waals surface area (Å²) in [6.07, 6.45) is 1.84.